The van der Waals surface area contributed by atoms with E-state index in [1.165, 1.54) is 5.56 Å². The van der Waals surface area contributed by atoms with Crippen LogP contribution in [0.2, 0.25) is 0 Å². The summed E-state index contributed by atoms with van der Waals surface area (Å²) >= 11 is 0. The molecule has 1 amide bonds. The second kappa shape index (κ2) is 7.40. The lowest BCUT2D eigenvalue weighted by atomic mass is 9.97. The fraction of sp³-hybridized carbons (Fsp3) is 0.500. The van der Waals surface area contributed by atoms with Crippen LogP contribution in [-0.4, -0.2) is 33.7 Å². The van der Waals surface area contributed by atoms with Gasteiger partial charge in [-0.2, -0.15) is 5.10 Å². The summed E-state index contributed by atoms with van der Waals surface area (Å²) in [6, 6.07) is 10.5. The highest BCUT2D eigenvalue weighted by molar-refractivity contribution is 5.79. The van der Waals surface area contributed by atoms with Crippen LogP contribution in [0.4, 0.5) is 0 Å². The molecule has 2 aromatic rings. The van der Waals surface area contributed by atoms with Gasteiger partial charge < -0.3 is 5.32 Å². The first-order valence-corrected chi connectivity index (χ1v) is 8.98. The van der Waals surface area contributed by atoms with Crippen LogP contribution in [0, 0.1) is 25.7 Å². The molecule has 1 fully saturated rings. The minimum Gasteiger partial charge on any atom is -0.352 e. The number of carbonyl (C=O) groups excluding carboxylic acids is 1. The second-order valence-electron chi connectivity index (χ2n) is 7.25. The van der Waals surface area contributed by atoms with Crippen LogP contribution < -0.4 is 5.32 Å². The van der Waals surface area contributed by atoms with E-state index in [2.05, 4.69) is 46.5 Å². The largest absolute Gasteiger partial charge is 0.352 e. The summed E-state index contributed by atoms with van der Waals surface area (Å²) in [6.07, 6.45) is 0. The van der Waals surface area contributed by atoms with Gasteiger partial charge in [0.15, 0.2) is 0 Å². The molecule has 2 heterocycles. The van der Waals surface area contributed by atoms with Gasteiger partial charge in [-0.25, -0.2) is 0 Å². The summed E-state index contributed by atoms with van der Waals surface area (Å²) in [7, 11) is 1.94. The summed E-state index contributed by atoms with van der Waals surface area (Å²) in [5, 5.41) is 7.55. The van der Waals surface area contributed by atoms with Gasteiger partial charge in [0.25, 0.3) is 0 Å². The van der Waals surface area contributed by atoms with Crippen molar-refractivity contribution in [2.24, 2.45) is 18.9 Å². The second-order valence-corrected chi connectivity index (χ2v) is 7.25. The first-order chi connectivity index (χ1) is 12.0. The van der Waals surface area contributed by atoms with Crippen molar-refractivity contribution in [3.63, 3.8) is 0 Å². The molecule has 1 saturated heterocycles. The van der Waals surface area contributed by atoms with Gasteiger partial charge in [0, 0.05) is 44.5 Å². The maximum atomic E-state index is 12.7. The Bertz CT molecular complexity index is 738. The number of nitrogens with one attached hydrogen (secondary N) is 1. The van der Waals surface area contributed by atoms with E-state index in [1.54, 1.807) is 0 Å². The van der Waals surface area contributed by atoms with Gasteiger partial charge in [-0.15, -0.1) is 0 Å². The van der Waals surface area contributed by atoms with Gasteiger partial charge in [0.1, 0.15) is 0 Å². The number of rotatable bonds is 5. The molecule has 5 heteroatoms. The van der Waals surface area contributed by atoms with Crippen molar-refractivity contribution >= 4 is 5.91 Å². The maximum Gasteiger partial charge on any atom is 0.224 e. The van der Waals surface area contributed by atoms with Crippen molar-refractivity contribution < 1.29 is 4.79 Å². The Hall–Kier alpha value is -2.14. The highest BCUT2D eigenvalue weighted by atomic mass is 16.1. The van der Waals surface area contributed by atoms with Crippen molar-refractivity contribution in [3.05, 3.63) is 52.8 Å². The Kier molecular flexibility index (Phi) is 5.23. The van der Waals surface area contributed by atoms with Gasteiger partial charge >= 0.3 is 0 Å². The third-order valence-corrected chi connectivity index (χ3v) is 5.37. The fourth-order valence-electron chi connectivity index (χ4n) is 3.76. The van der Waals surface area contributed by atoms with Gasteiger partial charge in [-0.05, 0) is 25.3 Å². The van der Waals surface area contributed by atoms with E-state index in [0.29, 0.717) is 12.5 Å². The molecule has 0 saturated carbocycles. The molecule has 25 heavy (non-hydrogen) atoms. The van der Waals surface area contributed by atoms with Crippen molar-refractivity contribution in [2.75, 3.05) is 13.1 Å². The summed E-state index contributed by atoms with van der Waals surface area (Å²) in [5.41, 5.74) is 4.54. The van der Waals surface area contributed by atoms with E-state index in [9.17, 15) is 4.79 Å². The Balaban J connectivity index is 1.57. The summed E-state index contributed by atoms with van der Waals surface area (Å²) in [4.78, 5) is 15.1. The Morgan fingerprint density at radius 1 is 1.24 bits per heavy atom. The summed E-state index contributed by atoms with van der Waals surface area (Å²) in [6.45, 7) is 9.48. The highest BCUT2D eigenvalue weighted by Crippen LogP contribution is 2.25. The zero-order chi connectivity index (χ0) is 18.0. The van der Waals surface area contributed by atoms with E-state index in [0.717, 1.165) is 36.6 Å². The minimum atomic E-state index is 0.0565. The lowest BCUT2D eigenvalue weighted by Crippen LogP contribution is -2.34. The number of benzene rings is 1. The van der Waals surface area contributed by atoms with E-state index < -0.39 is 0 Å². The van der Waals surface area contributed by atoms with Gasteiger partial charge in [-0.1, -0.05) is 37.3 Å². The van der Waals surface area contributed by atoms with Crippen molar-refractivity contribution in [1.82, 2.24) is 20.0 Å². The van der Waals surface area contributed by atoms with Crippen LogP contribution in [0.5, 0.6) is 0 Å². The van der Waals surface area contributed by atoms with E-state index in [4.69, 9.17) is 0 Å². The third-order valence-electron chi connectivity index (χ3n) is 5.37. The summed E-state index contributed by atoms with van der Waals surface area (Å²) < 4.78 is 1.87. The van der Waals surface area contributed by atoms with E-state index >= 15 is 0 Å². The molecule has 0 aliphatic carbocycles. The number of likely N-dealkylation sites (tertiary alicyclic amines) is 1. The van der Waals surface area contributed by atoms with Crippen LogP contribution >= 0.6 is 0 Å². The van der Waals surface area contributed by atoms with Crippen LogP contribution in [0.15, 0.2) is 30.3 Å². The Morgan fingerprint density at radius 2 is 1.96 bits per heavy atom. The molecule has 1 aromatic heterocycles. The zero-order valence-corrected chi connectivity index (χ0v) is 15.6. The lowest BCUT2D eigenvalue weighted by Gasteiger charge is -2.16. The van der Waals surface area contributed by atoms with Gasteiger partial charge in [0.05, 0.1) is 11.6 Å². The monoisotopic (exact) mass is 340 g/mol. The molecule has 1 aromatic carbocycles. The molecule has 0 unspecified atom stereocenters. The molecule has 134 valence electrons. The van der Waals surface area contributed by atoms with Crippen molar-refractivity contribution in [1.29, 1.82) is 0 Å². The predicted molar refractivity (Wildman–Crippen MR) is 98.9 cm³/mol. The number of carbonyl (C=O) groups is 1. The Labute approximate surface area is 150 Å². The quantitative estimate of drug-likeness (QED) is 0.909. The molecule has 0 radical (unpaired) electrons. The number of aryl methyl sites for hydroxylation is 2. The number of aromatic nitrogens is 2. The van der Waals surface area contributed by atoms with Crippen LogP contribution in [0.3, 0.4) is 0 Å². The molecule has 3 rings (SSSR count). The average Bonchev–Trinajstić information content (AvgIpc) is 3.06. The molecular weight excluding hydrogens is 312 g/mol. The lowest BCUT2D eigenvalue weighted by molar-refractivity contribution is -0.125. The smallest absolute Gasteiger partial charge is 0.224 e. The number of hydrogen-bond acceptors (Lipinski definition) is 3. The molecule has 2 atom stereocenters. The van der Waals surface area contributed by atoms with Crippen LogP contribution in [0.1, 0.15) is 29.4 Å². The number of nitrogens with zero attached hydrogens (tertiary/aromatic N) is 3. The Morgan fingerprint density at radius 3 is 2.60 bits per heavy atom. The standard InChI is InChI=1S/C20H28N4O/c1-14-11-24(12-17-8-6-5-7-9-17)13-19(14)20(25)21-10-18-15(2)22-23(4)16(18)3/h5-9,14,19H,10-13H2,1-4H3,(H,21,25)/t14-,19-/m1/s1. The van der Waals surface area contributed by atoms with Gasteiger partial charge in [-0.3, -0.25) is 14.4 Å². The maximum absolute atomic E-state index is 12.7. The van der Waals surface area contributed by atoms with Gasteiger partial charge in [0.2, 0.25) is 5.91 Å². The minimum absolute atomic E-state index is 0.0565. The molecular formula is C20H28N4O. The van der Waals surface area contributed by atoms with E-state index in [1.807, 2.05) is 31.6 Å². The first kappa shape index (κ1) is 17.7. The molecule has 0 bridgehead atoms. The van der Waals surface area contributed by atoms with Crippen LogP contribution in [0.25, 0.3) is 0 Å². The fourth-order valence-corrected chi connectivity index (χ4v) is 3.76. The molecule has 1 N–H and O–H groups in total. The topological polar surface area (TPSA) is 50.2 Å². The average molecular weight is 340 g/mol. The third kappa shape index (κ3) is 3.93. The molecule has 0 spiro atoms. The molecule has 5 nitrogen and oxygen atoms in total. The van der Waals surface area contributed by atoms with Crippen molar-refractivity contribution in [2.45, 2.75) is 33.9 Å². The molecule has 1 aliphatic heterocycles. The normalized spacial score (nSPS) is 20.8. The summed E-state index contributed by atoms with van der Waals surface area (Å²) in [5.74, 6) is 0.589. The highest BCUT2D eigenvalue weighted by Gasteiger charge is 2.34. The van der Waals surface area contributed by atoms with Crippen LogP contribution in [-0.2, 0) is 24.9 Å². The predicted octanol–water partition coefficient (Wildman–Crippen LogP) is 2.42. The number of amides is 1. The van der Waals surface area contributed by atoms with Crippen molar-refractivity contribution in [3.8, 4) is 0 Å². The SMILES string of the molecule is Cc1nn(C)c(C)c1CNC(=O)[C@@H]1CN(Cc2ccccc2)C[C@H]1C. The zero-order valence-electron chi connectivity index (χ0n) is 15.6. The molecule has 1 aliphatic rings. The first-order valence-electron chi connectivity index (χ1n) is 8.98. The van der Waals surface area contributed by atoms with E-state index in [-0.39, 0.29) is 11.8 Å². The number of hydrogen-bond donors (Lipinski definition) is 1.